The smallest absolute Gasteiger partial charge is 0.261 e. The van der Waals surface area contributed by atoms with E-state index in [-0.39, 0.29) is 18.4 Å². The predicted octanol–water partition coefficient (Wildman–Crippen LogP) is 5.14. The van der Waals surface area contributed by atoms with Gasteiger partial charge < -0.3 is 15.0 Å². The number of rotatable bonds is 11. The van der Waals surface area contributed by atoms with Gasteiger partial charge in [0.1, 0.15) is 11.8 Å². The van der Waals surface area contributed by atoms with Gasteiger partial charge in [0.25, 0.3) is 5.91 Å². The molecule has 0 heterocycles. The van der Waals surface area contributed by atoms with Gasteiger partial charge in [0.2, 0.25) is 5.91 Å². The Hall–Kier alpha value is -2.87. The first kappa shape index (κ1) is 25.7. The van der Waals surface area contributed by atoms with E-state index in [0.717, 1.165) is 26.7 Å². The van der Waals surface area contributed by atoms with Gasteiger partial charge in [0, 0.05) is 23.1 Å². The van der Waals surface area contributed by atoms with Gasteiger partial charge in [0.05, 0.1) is 0 Å². The highest BCUT2D eigenvalue weighted by atomic mass is 127. The fraction of sp³-hybridized carbons (Fsp3) is 0.286. The maximum absolute atomic E-state index is 13.5. The summed E-state index contributed by atoms with van der Waals surface area (Å²) >= 11 is 2.23. The maximum Gasteiger partial charge on any atom is 0.261 e. The highest BCUT2D eigenvalue weighted by Gasteiger charge is 2.30. The van der Waals surface area contributed by atoms with Crippen LogP contribution in [0.2, 0.25) is 0 Å². The van der Waals surface area contributed by atoms with Crippen LogP contribution in [-0.4, -0.2) is 35.9 Å². The topological polar surface area (TPSA) is 58.6 Å². The molecule has 34 heavy (non-hydrogen) atoms. The molecule has 1 atom stereocenters. The summed E-state index contributed by atoms with van der Waals surface area (Å²) in [4.78, 5) is 28.5. The third kappa shape index (κ3) is 7.58. The van der Waals surface area contributed by atoms with Gasteiger partial charge in [-0.2, -0.15) is 0 Å². The van der Waals surface area contributed by atoms with Crippen LogP contribution in [0.5, 0.6) is 5.75 Å². The van der Waals surface area contributed by atoms with Gasteiger partial charge in [-0.25, -0.2) is 0 Å². The highest BCUT2D eigenvalue weighted by molar-refractivity contribution is 14.1. The molecule has 3 aromatic rings. The third-order valence-corrected chi connectivity index (χ3v) is 6.32. The van der Waals surface area contributed by atoms with Gasteiger partial charge in [-0.15, -0.1) is 0 Å². The van der Waals surface area contributed by atoms with Crippen LogP contribution in [0.15, 0.2) is 78.9 Å². The van der Waals surface area contributed by atoms with Crippen LogP contribution in [0.4, 0.5) is 0 Å². The lowest BCUT2D eigenvalue weighted by atomic mass is 10.0. The third-order valence-electron chi connectivity index (χ3n) is 5.60. The molecule has 3 rings (SSSR count). The molecule has 0 saturated heterocycles. The minimum atomic E-state index is -0.652. The summed E-state index contributed by atoms with van der Waals surface area (Å²) in [5.41, 5.74) is 3.08. The SMILES string of the molecule is CCCNC(=O)[C@H](Cc1ccccc1)N(Cc1ccccc1C)C(=O)COc1ccc(I)cc1. The second kappa shape index (κ2) is 13.1. The predicted molar refractivity (Wildman–Crippen MR) is 144 cm³/mol. The van der Waals surface area contributed by atoms with E-state index < -0.39 is 6.04 Å². The average Bonchev–Trinajstić information content (AvgIpc) is 2.85. The Morgan fingerprint density at radius 1 is 0.971 bits per heavy atom. The molecular formula is C28H31IN2O3. The van der Waals surface area contributed by atoms with Crippen molar-refractivity contribution in [1.29, 1.82) is 0 Å². The molecule has 6 heteroatoms. The molecule has 0 aromatic heterocycles. The van der Waals surface area contributed by atoms with E-state index in [2.05, 4.69) is 27.9 Å². The fourth-order valence-corrected chi connectivity index (χ4v) is 4.01. The summed E-state index contributed by atoms with van der Waals surface area (Å²) in [5, 5.41) is 2.99. The zero-order valence-corrected chi connectivity index (χ0v) is 21.8. The molecule has 0 spiro atoms. The maximum atomic E-state index is 13.5. The van der Waals surface area contributed by atoms with Gasteiger partial charge in [0.15, 0.2) is 6.61 Å². The van der Waals surface area contributed by atoms with Crippen molar-refractivity contribution in [2.24, 2.45) is 0 Å². The summed E-state index contributed by atoms with van der Waals surface area (Å²) in [5.74, 6) is 0.246. The zero-order valence-electron chi connectivity index (χ0n) is 19.7. The van der Waals surface area contributed by atoms with Crippen molar-refractivity contribution in [3.8, 4) is 5.75 Å². The molecule has 0 saturated carbocycles. The lowest BCUT2D eigenvalue weighted by molar-refractivity contribution is -0.142. The van der Waals surface area contributed by atoms with Crippen LogP contribution in [0.25, 0.3) is 0 Å². The molecule has 0 aliphatic heterocycles. The Morgan fingerprint density at radius 3 is 2.32 bits per heavy atom. The summed E-state index contributed by atoms with van der Waals surface area (Å²) in [6, 6.07) is 24.7. The molecule has 0 fully saturated rings. The van der Waals surface area contributed by atoms with Crippen molar-refractivity contribution in [3.05, 3.63) is 99.1 Å². The Labute approximate surface area is 215 Å². The second-order valence-corrected chi connectivity index (χ2v) is 9.43. The van der Waals surface area contributed by atoms with Crippen LogP contribution in [-0.2, 0) is 22.6 Å². The summed E-state index contributed by atoms with van der Waals surface area (Å²) in [7, 11) is 0. The first-order valence-electron chi connectivity index (χ1n) is 11.5. The van der Waals surface area contributed by atoms with Gasteiger partial charge in [-0.05, 0) is 76.9 Å². The molecule has 0 unspecified atom stereocenters. The van der Waals surface area contributed by atoms with Gasteiger partial charge >= 0.3 is 0 Å². The van der Waals surface area contributed by atoms with Crippen molar-refractivity contribution in [2.45, 2.75) is 39.3 Å². The molecular weight excluding hydrogens is 539 g/mol. The number of ether oxygens (including phenoxy) is 1. The number of halogens is 1. The average molecular weight is 570 g/mol. The molecule has 0 bridgehead atoms. The van der Waals surface area contributed by atoms with E-state index in [9.17, 15) is 9.59 Å². The number of carbonyl (C=O) groups is 2. The molecule has 0 aliphatic rings. The Kier molecular flexibility index (Phi) is 9.94. The number of carbonyl (C=O) groups excluding carboxylic acids is 2. The molecule has 0 radical (unpaired) electrons. The first-order chi connectivity index (χ1) is 16.5. The number of hydrogen-bond acceptors (Lipinski definition) is 3. The summed E-state index contributed by atoms with van der Waals surface area (Å²) in [6.45, 7) is 4.79. The molecule has 1 N–H and O–H groups in total. The zero-order chi connectivity index (χ0) is 24.3. The standard InChI is InChI=1S/C28H31IN2O3/c1-3-17-30-28(33)26(18-22-10-5-4-6-11-22)31(19-23-12-8-7-9-21(23)2)27(32)20-34-25-15-13-24(29)14-16-25/h4-16,26H,3,17-20H2,1-2H3,(H,30,33)/t26-/m0/s1. The Bertz CT molecular complexity index is 1070. The largest absolute Gasteiger partial charge is 0.484 e. The number of benzene rings is 3. The van der Waals surface area contributed by atoms with Crippen molar-refractivity contribution in [2.75, 3.05) is 13.2 Å². The van der Waals surface area contributed by atoms with Gasteiger partial charge in [-0.3, -0.25) is 9.59 Å². The van der Waals surface area contributed by atoms with Crippen molar-refractivity contribution in [3.63, 3.8) is 0 Å². The summed E-state index contributed by atoms with van der Waals surface area (Å²) < 4.78 is 6.90. The number of nitrogens with zero attached hydrogens (tertiary/aromatic N) is 1. The van der Waals surface area contributed by atoms with Crippen molar-refractivity contribution in [1.82, 2.24) is 10.2 Å². The molecule has 2 amide bonds. The second-order valence-electron chi connectivity index (χ2n) is 8.19. The molecule has 3 aromatic carbocycles. The van der Waals surface area contributed by atoms with E-state index in [0.29, 0.717) is 25.3 Å². The van der Waals surface area contributed by atoms with E-state index >= 15 is 0 Å². The summed E-state index contributed by atoms with van der Waals surface area (Å²) in [6.07, 6.45) is 1.25. The molecule has 0 aliphatic carbocycles. The van der Waals surface area contributed by atoms with E-state index in [1.807, 2.05) is 92.7 Å². The fourth-order valence-electron chi connectivity index (χ4n) is 3.65. The Balaban J connectivity index is 1.89. The normalized spacial score (nSPS) is 11.5. The number of hydrogen-bond donors (Lipinski definition) is 1. The Morgan fingerprint density at radius 2 is 1.65 bits per heavy atom. The van der Waals surface area contributed by atoms with Crippen molar-refractivity contribution >= 4 is 34.4 Å². The van der Waals surface area contributed by atoms with Crippen LogP contribution in [0, 0.1) is 10.5 Å². The molecule has 178 valence electrons. The van der Waals surface area contributed by atoms with Crippen LogP contribution < -0.4 is 10.1 Å². The van der Waals surface area contributed by atoms with E-state index in [1.165, 1.54) is 0 Å². The quantitative estimate of drug-likeness (QED) is 0.325. The first-order valence-corrected chi connectivity index (χ1v) is 12.6. The van der Waals surface area contributed by atoms with Crippen LogP contribution >= 0.6 is 22.6 Å². The van der Waals surface area contributed by atoms with Gasteiger partial charge in [-0.1, -0.05) is 61.5 Å². The van der Waals surface area contributed by atoms with Crippen LogP contribution in [0.3, 0.4) is 0 Å². The number of nitrogens with one attached hydrogen (secondary N) is 1. The van der Waals surface area contributed by atoms with E-state index in [1.54, 1.807) is 4.90 Å². The van der Waals surface area contributed by atoms with E-state index in [4.69, 9.17) is 4.74 Å². The van der Waals surface area contributed by atoms with Crippen molar-refractivity contribution < 1.29 is 14.3 Å². The number of amides is 2. The highest BCUT2D eigenvalue weighted by Crippen LogP contribution is 2.18. The minimum absolute atomic E-state index is 0.140. The monoisotopic (exact) mass is 570 g/mol. The molecule has 5 nitrogen and oxygen atoms in total. The van der Waals surface area contributed by atoms with Crippen LogP contribution in [0.1, 0.15) is 30.0 Å². The minimum Gasteiger partial charge on any atom is -0.484 e. The lowest BCUT2D eigenvalue weighted by Gasteiger charge is -2.32. The lowest BCUT2D eigenvalue weighted by Crippen LogP contribution is -2.51. The number of aryl methyl sites for hydroxylation is 1.